The van der Waals surface area contributed by atoms with Crippen LogP contribution >= 0.6 is 0 Å². The molecule has 0 spiro atoms. The fraction of sp³-hybridized carbons (Fsp3) is 0.125. The molecule has 0 aromatic heterocycles. The van der Waals surface area contributed by atoms with Gasteiger partial charge in [0.15, 0.2) is 0 Å². The fourth-order valence-corrected chi connectivity index (χ4v) is 2.09. The molecule has 0 aliphatic rings. The highest BCUT2D eigenvalue weighted by Crippen LogP contribution is 2.26. The molecule has 0 saturated carbocycles. The zero-order valence-corrected chi connectivity index (χ0v) is 11.6. The van der Waals surface area contributed by atoms with Gasteiger partial charge in [0.1, 0.15) is 0 Å². The number of anilines is 2. The van der Waals surface area contributed by atoms with E-state index in [0.29, 0.717) is 17.8 Å². The van der Waals surface area contributed by atoms with Gasteiger partial charge in [-0.1, -0.05) is 18.2 Å². The molecule has 0 heterocycles. The second-order valence-corrected chi connectivity index (χ2v) is 4.49. The molecule has 0 atom stereocenters. The summed E-state index contributed by atoms with van der Waals surface area (Å²) in [6, 6.07) is 13.2. The monoisotopic (exact) mass is 284 g/mol. The average molecular weight is 284 g/mol. The molecule has 0 aliphatic heterocycles. The van der Waals surface area contributed by atoms with Crippen molar-refractivity contribution in [1.29, 1.82) is 0 Å². The maximum absolute atomic E-state index is 12.5. The molecule has 0 bridgehead atoms. The van der Waals surface area contributed by atoms with Crippen LogP contribution in [0.15, 0.2) is 48.5 Å². The quantitative estimate of drug-likeness (QED) is 0.845. The summed E-state index contributed by atoms with van der Waals surface area (Å²) in [4.78, 5) is 24.9. The number of carboxylic acids is 1. The molecule has 0 aliphatic carbocycles. The zero-order chi connectivity index (χ0) is 15.4. The molecule has 21 heavy (non-hydrogen) atoms. The standard InChI is InChI=1S/C16H16N2O3/c1-2-18(15(19)11-6-4-3-5-7-11)14-9-8-12(16(20)21)10-13(14)17/h3-10H,2,17H2,1H3,(H,20,21). The lowest BCUT2D eigenvalue weighted by atomic mass is 10.1. The summed E-state index contributed by atoms with van der Waals surface area (Å²) >= 11 is 0. The summed E-state index contributed by atoms with van der Waals surface area (Å²) < 4.78 is 0. The van der Waals surface area contributed by atoms with Gasteiger partial charge in [-0.2, -0.15) is 0 Å². The minimum Gasteiger partial charge on any atom is -0.478 e. The van der Waals surface area contributed by atoms with Crippen LogP contribution in [-0.4, -0.2) is 23.5 Å². The summed E-state index contributed by atoms with van der Waals surface area (Å²) in [6.45, 7) is 2.27. The lowest BCUT2D eigenvalue weighted by Gasteiger charge is -2.23. The van der Waals surface area contributed by atoms with Gasteiger partial charge >= 0.3 is 5.97 Å². The normalized spacial score (nSPS) is 10.1. The van der Waals surface area contributed by atoms with E-state index in [-0.39, 0.29) is 17.2 Å². The number of nitrogens with zero attached hydrogens (tertiary/aromatic N) is 1. The highest BCUT2D eigenvalue weighted by molar-refractivity contribution is 6.08. The molecule has 3 N–H and O–H groups in total. The van der Waals surface area contributed by atoms with E-state index in [1.165, 1.54) is 17.0 Å². The molecule has 5 heteroatoms. The number of carbonyl (C=O) groups excluding carboxylic acids is 1. The third kappa shape index (κ3) is 3.02. The SMILES string of the molecule is CCN(C(=O)c1ccccc1)c1ccc(C(=O)O)cc1N. The van der Waals surface area contributed by atoms with Crippen molar-refractivity contribution < 1.29 is 14.7 Å². The van der Waals surface area contributed by atoms with Crippen molar-refractivity contribution in [3.63, 3.8) is 0 Å². The van der Waals surface area contributed by atoms with Crippen molar-refractivity contribution in [3.8, 4) is 0 Å². The van der Waals surface area contributed by atoms with E-state index in [0.717, 1.165) is 0 Å². The maximum atomic E-state index is 12.5. The number of rotatable bonds is 4. The van der Waals surface area contributed by atoms with Crippen molar-refractivity contribution in [2.75, 3.05) is 17.2 Å². The van der Waals surface area contributed by atoms with Gasteiger partial charge in [-0.15, -0.1) is 0 Å². The third-order valence-electron chi connectivity index (χ3n) is 3.15. The van der Waals surface area contributed by atoms with Crippen molar-refractivity contribution in [2.24, 2.45) is 0 Å². The first-order valence-corrected chi connectivity index (χ1v) is 6.54. The minimum atomic E-state index is -1.05. The van der Waals surface area contributed by atoms with Crippen LogP contribution in [0.4, 0.5) is 11.4 Å². The molecule has 1 amide bonds. The Morgan fingerprint density at radius 2 is 1.76 bits per heavy atom. The molecule has 2 aromatic carbocycles. The molecule has 0 radical (unpaired) electrons. The largest absolute Gasteiger partial charge is 0.478 e. The number of hydrogen-bond donors (Lipinski definition) is 2. The zero-order valence-electron chi connectivity index (χ0n) is 11.6. The van der Waals surface area contributed by atoms with Gasteiger partial charge in [0, 0.05) is 12.1 Å². The molecule has 2 rings (SSSR count). The van der Waals surface area contributed by atoms with Crippen LogP contribution in [0.2, 0.25) is 0 Å². The number of benzene rings is 2. The van der Waals surface area contributed by atoms with Crippen LogP contribution in [0.3, 0.4) is 0 Å². The summed E-state index contributed by atoms with van der Waals surface area (Å²) in [5.41, 5.74) is 7.32. The second kappa shape index (κ2) is 6.09. The van der Waals surface area contributed by atoms with Gasteiger partial charge in [-0.3, -0.25) is 4.79 Å². The fourth-order valence-electron chi connectivity index (χ4n) is 2.09. The summed E-state index contributed by atoms with van der Waals surface area (Å²) in [6.07, 6.45) is 0. The van der Waals surface area contributed by atoms with Crippen molar-refractivity contribution in [1.82, 2.24) is 0 Å². The topological polar surface area (TPSA) is 83.6 Å². The number of nitrogen functional groups attached to an aromatic ring is 1. The summed E-state index contributed by atoms with van der Waals surface area (Å²) in [5.74, 6) is -1.22. The Bertz CT molecular complexity index is 668. The number of aromatic carboxylic acids is 1. The number of nitrogens with two attached hydrogens (primary N) is 1. The minimum absolute atomic E-state index is 0.0967. The van der Waals surface area contributed by atoms with Crippen molar-refractivity contribution in [3.05, 3.63) is 59.7 Å². The highest BCUT2D eigenvalue weighted by Gasteiger charge is 2.18. The van der Waals surface area contributed by atoms with Gasteiger partial charge < -0.3 is 15.7 Å². The van der Waals surface area contributed by atoms with Crippen molar-refractivity contribution >= 4 is 23.3 Å². The first-order valence-electron chi connectivity index (χ1n) is 6.54. The number of hydrogen-bond acceptors (Lipinski definition) is 3. The predicted molar refractivity (Wildman–Crippen MR) is 81.6 cm³/mol. The van der Waals surface area contributed by atoms with Crippen molar-refractivity contribution in [2.45, 2.75) is 6.92 Å². The van der Waals surface area contributed by atoms with Crippen LogP contribution in [-0.2, 0) is 0 Å². The van der Waals surface area contributed by atoms with Crippen LogP contribution in [0.5, 0.6) is 0 Å². The van der Waals surface area contributed by atoms with Crippen LogP contribution in [0.25, 0.3) is 0 Å². The average Bonchev–Trinajstić information content (AvgIpc) is 2.50. The molecule has 0 unspecified atom stereocenters. The summed E-state index contributed by atoms with van der Waals surface area (Å²) in [7, 11) is 0. The van der Waals surface area contributed by atoms with E-state index < -0.39 is 5.97 Å². The van der Waals surface area contributed by atoms with Crippen LogP contribution in [0.1, 0.15) is 27.6 Å². The Morgan fingerprint density at radius 3 is 2.29 bits per heavy atom. The summed E-state index contributed by atoms with van der Waals surface area (Å²) in [5, 5.41) is 8.95. The number of amides is 1. The third-order valence-corrected chi connectivity index (χ3v) is 3.15. The Balaban J connectivity index is 2.38. The predicted octanol–water partition coefficient (Wildman–Crippen LogP) is 2.63. The first kappa shape index (κ1) is 14.6. The maximum Gasteiger partial charge on any atom is 0.335 e. The number of carbonyl (C=O) groups is 2. The molecule has 108 valence electrons. The molecule has 2 aromatic rings. The molecular formula is C16H16N2O3. The van der Waals surface area contributed by atoms with E-state index in [9.17, 15) is 9.59 Å². The Morgan fingerprint density at radius 1 is 1.10 bits per heavy atom. The van der Waals surface area contributed by atoms with E-state index in [4.69, 9.17) is 10.8 Å². The molecular weight excluding hydrogens is 268 g/mol. The first-order chi connectivity index (χ1) is 10.0. The Labute approximate surface area is 122 Å². The van der Waals surface area contributed by atoms with E-state index in [1.807, 2.05) is 13.0 Å². The lowest BCUT2D eigenvalue weighted by Crippen LogP contribution is -2.31. The van der Waals surface area contributed by atoms with Gasteiger partial charge in [-0.25, -0.2) is 4.79 Å². The van der Waals surface area contributed by atoms with Gasteiger partial charge in [0.2, 0.25) is 0 Å². The lowest BCUT2D eigenvalue weighted by molar-refractivity contribution is 0.0697. The van der Waals surface area contributed by atoms with Crippen LogP contribution in [0, 0.1) is 0 Å². The van der Waals surface area contributed by atoms with Gasteiger partial charge in [0.05, 0.1) is 16.9 Å². The van der Waals surface area contributed by atoms with E-state index in [1.54, 1.807) is 30.3 Å². The Hall–Kier alpha value is -2.82. The Kier molecular flexibility index (Phi) is 4.23. The van der Waals surface area contributed by atoms with E-state index in [2.05, 4.69) is 0 Å². The van der Waals surface area contributed by atoms with E-state index >= 15 is 0 Å². The van der Waals surface area contributed by atoms with Gasteiger partial charge in [-0.05, 0) is 37.3 Å². The molecule has 0 saturated heterocycles. The second-order valence-electron chi connectivity index (χ2n) is 4.49. The molecule has 5 nitrogen and oxygen atoms in total. The van der Waals surface area contributed by atoms with Crippen LogP contribution < -0.4 is 10.6 Å². The molecule has 0 fully saturated rings. The number of carboxylic acid groups (broad SMARTS) is 1. The smallest absolute Gasteiger partial charge is 0.335 e. The van der Waals surface area contributed by atoms with Gasteiger partial charge in [0.25, 0.3) is 5.91 Å². The highest BCUT2D eigenvalue weighted by atomic mass is 16.4.